The molecule has 0 amide bonds. The van der Waals surface area contributed by atoms with E-state index in [1.807, 2.05) is 0 Å². The molecular weight excluding hydrogens is 172 g/mol. The number of hydrogen-bond donors (Lipinski definition) is 0. The van der Waals surface area contributed by atoms with E-state index in [1.165, 1.54) is 14.0 Å². The molecule has 0 aliphatic heterocycles. The van der Waals surface area contributed by atoms with E-state index < -0.39 is 5.79 Å². The molecule has 0 aliphatic carbocycles. The van der Waals surface area contributed by atoms with E-state index in [9.17, 15) is 9.59 Å². The van der Waals surface area contributed by atoms with Gasteiger partial charge in [-0.15, -0.1) is 0 Å². The SMILES string of the molecule is COC(C)(C)O/C(C=O)=C\C(C)=O. The monoisotopic (exact) mass is 186 g/mol. The number of ether oxygens (including phenoxy) is 2. The van der Waals surface area contributed by atoms with E-state index in [1.54, 1.807) is 13.8 Å². The molecule has 0 fully saturated rings. The minimum Gasteiger partial charge on any atom is -0.459 e. The molecule has 0 saturated heterocycles. The van der Waals surface area contributed by atoms with E-state index in [0.29, 0.717) is 6.29 Å². The third kappa shape index (κ3) is 5.14. The average Bonchev–Trinajstić information content (AvgIpc) is 2.02. The molecule has 0 N–H and O–H groups in total. The second-order valence-corrected chi connectivity index (χ2v) is 2.98. The van der Waals surface area contributed by atoms with Crippen molar-refractivity contribution < 1.29 is 19.1 Å². The first-order chi connectivity index (χ1) is 5.91. The molecule has 0 rings (SSSR count). The maximum atomic E-state index is 10.6. The zero-order valence-corrected chi connectivity index (χ0v) is 8.29. The van der Waals surface area contributed by atoms with E-state index in [2.05, 4.69) is 0 Å². The molecule has 0 aromatic heterocycles. The molecule has 0 saturated carbocycles. The van der Waals surface area contributed by atoms with Crippen LogP contribution in [-0.2, 0) is 19.1 Å². The van der Waals surface area contributed by atoms with Gasteiger partial charge in [0.15, 0.2) is 17.8 Å². The van der Waals surface area contributed by atoms with Crippen LogP contribution in [0.3, 0.4) is 0 Å². The Balaban J connectivity index is 4.46. The van der Waals surface area contributed by atoms with Crippen LogP contribution >= 0.6 is 0 Å². The van der Waals surface area contributed by atoms with Gasteiger partial charge >= 0.3 is 0 Å². The summed E-state index contributed by atoms with van der Waals surface area (Å²) in [5.74, 6) is -1.17. The van der Waals surface area contributed by atoms with Gasteiger partial charge in [-0.1, -0.05) is 0 Å². The van der Waals surface area contributed by atoms with Gasteiger partial charge in [-0.2, -0.15) is 0 Å². The Labute approximate surface area is 77.5 Å². The second kappa shape index (κ2) is 4.77. The fourth-order valence-corrected chi connectivity index (χ4v) is 0.613. The number of ketones is 1. The number of rotatable bonds is 5. The van der Waals surface area contributed by atoms with Gasteiger partial charge in [0, 0.05) is 27.0 Å². The van der Waals surface area contributed by atoms with Crippen molar-refractivity contribution in [1.82, 2.24) is 0 Å². The Morgan fingerprint density at radius 3 is 2.23 bits per heavy atom. The Kier molecular flexibility index (Phi) is 4.34. The average molecular weight is 186 g/mol. The van der Waals surface area contributed by atoms with Gasteiger partial charge in [0.1, 0.15) is 0 Å². The molecule has 0 aliphatic rings. The first-order valence-electron chi connectivity index (χ1n) is 3.83. The molecule has 0 spiro atoms. The van der Waals surface area contributed by atoms with Crippen LogP contribution in [0.2, 0.25) is 0 Å². The van der Waals surface area contributed by atoms with Crippen LogP contribution in [0.5, 0.6) is 0 Å². The molecule has 0 unspecified atom stereocenters. The molecule has 0 aromatic rings. The third-order valence-corrected chi connectivity index (χ3v) is 1.32. The minimum atomic E-state index is -0.901. The summed E-state index contributed by atoms with van der Waals surface area (Å²) in [7, 11) is 1.45. The summed E-state index contributed by atoms with van der Waals surface area (Å²) in [4.78, 5) is 21.1. The summed E-state index contributed by atoms with van der Waals surface area (Å²) >= 11 is 0. The number of hydrogen-bond acceptors (Lipinski definition) is 4. The van der Waals surface area contributed by atoms with Crippen molar-refractivity contribution >= 4 is 12.1 Å². The maximum absolute atomic E-state index is 10.6. The summed E-state index contributed by atoms with van der Waals surface area (Å²) < 4.78 is 10.0. The van der Waals surface area contributed by atoms with Crippen molar-refractivity contribution in [2.45, 2.75) is 26.6 Å². The molecule has 13 heavy (non-hydrogen) atoms. The zero-order valence-electron chi connectivity index (χ0n) is 8.29. The molecule has 4 heteroatoms. The first-order valence-corrected chi connectivity index (χ1v) is 3.83. The lowest BCUT2D eigenvalue weighted by molar-refractivity contribution is -0.173. The summed E-state index contributed by atoms with van der Waals surface area (Å²) in [5, 5.41) is 0. The third-order valence-electron chi connectivity index (χ3n) is 1.32. The highest BCUT2D eigenvalue weighted by molar-refractivity contribution is 5.92. The summed E-state index contributed by atoms with van der Waals surface area (Å²) in [6, 6.07) is 0. The lowest BCUT2D eigenvalue weighted by Gasteiger charge is -2.23. The quantitative estimate of drug-likeness (QED) is 0.279. The van der Waals surface area contributed by atoms with Crippen LogP contribution in [0, 0.1) is 0 Å². The molecule has 74 valence electrons. The van der Waals surface area contributed by atoms with Crippen molar-refractivity contribution in [2.75, 3.05) is 7.11 Å². The smallest absolute Gasteiger partial charge is 0.204 e. The second-order valence-electron chi connectivity index (χ2n) is 2.98. The van der Waals surface area contributed by atoms with Crippen LogP contribution in [-0.4, -0.2) is 25.0 Å². The minimum absolute atomic E-state index is 0.0284. The molecule has 0 aromatic carbocycles. The molecule has 0 radical (unpaired) electrons. The highest BCUT2D eigenvalue weighted by Gasteiger charge is 2.19. The zero-order chi connectivity index (χ0) is 10.5. The Morgan fingerprint density at radius 1 is 1.38 bits per heavy atom. The molecular formula is C9H14O4. The lowest BCUT2D eigenvalue weighted by Crippen LogP contribution is -2.26. The van der Waals surface area contributed by atoms with Gasteiger partial charge in [0.2, 0.25) is 5.79 Å². The van der Waals surface area contributed by atoms with Gasteiger partial charge in [-0.05, 0) is 6.92 Å². The highest BCUT2D eigenvalue weighted by atomic mass is 16.7. The van der Waals surface area contributed by atoms with Crippen molar-refractivity contribution in [3.05, 3.63) is 11.8 Å². The van der Waals surface area contributed by atoms with Crippen molar-refractivity contribution in [3.8, 4) is 0 Å². The number of methoxy groups -OCH3 is 1. The van der Waals surface area contributed by atoms with E-state index >= 15 is 0 Å². The van der Waals surface area contributed by atoms with E-state index in [-0.39, 0.29) is 11.5 Å². The summed E-state index contributed by atoms with van der Waals surface area (Å²) in [6.45, 7) is 4.63. The predicted molar refractivity (Wildman–Crippen MR) is 47.0 cm³/mol. The van der Waals surface area contributed by atoms with Gasteiger partial charge in [0.05, 0.1) is 0 Å². The number of allylic oxidation sites excluding steroid dienone is 2. The normalized spacial score (nSPS) is 12.5. The lowest BCUT2D eigenvalue weighted by atomic mass is 10.3. The standard InChI is InChI=1S/C9H14O4/c1-7(11)5-8(6-10)13-9(2,3)12-4/h5-6H,1-4H3/b8-5-. The number of aldehydes is 1. The molecule has 0 heterocycles. The van der Waals surface area contributed by atoms with Crippen molar-refractivity contribution in [2.24, 2.45) is 0 Å². The number of carbonyl (C=O) groups is 2. The predicted octanol–water partition coefficient (Wildman–Crippen LogP) is 1.06. The molecule has 0 atom stereocenters. The van der Waals surface area contributed by atoms with Crippen LogP contribution in [0.15, 0.2) is 11.8 Å². The molecule has 4 nitrogen and oxygen atoms in total. The van der Waals surface area contributed by atoms with Crippen LogP contribution in [0.4, 0.5) is 0 Å². The van der Waals surface area contributed by atoms with E-state index in [0.717, 1.165) is 6.08 Å². The van der Waals surface area contributed by atoms with Gasteiger partial charge < -0.3 is 9.47 Å². The highest BCUT2D eigenvalue weighted by Crippen LogP contribution is 2.13. The largest absolute Gasteiger partial charge is 0.459 e. The first kappa shape index (κ1) is 11.8. The van der Waals surface area contributed by atoms with Gasteiger partial charge in [-0.25, -0.2) is 0 Å². The van der Waals surface area contributed by atoms with Gasteiger partial charge in [-0.3, -0.25) is 9.59 Å². The van der Waals surface area contributed by atoms with Crippen molar-refractivity contribution in [1.29, 1.82) is 0 Å². The maximum Gasteiger partial charge on any atom is 0.204 e. The fourth-order valence-electron chi connectivity index (χ4n) is 0.613. The van der Waals surface area contributed by atoms with E-state index in [4.69, 9.17) is 9.47 Å². The Bertz CT molecular complexity index is 228. The number of carbonyl (C=O) groups excluding carboxylic acids is 2. The van der Waals surface area contributed by atoms with Crippen LogP contribution < -0.4 is 0 Å². The van der Waals surface area contributed by atoms with Crippen LogP contribution in [0.25, 0.3) is 0 Å². The Morgan fingerprint density at radius 2 is 1.92 bits per heavy atom. The summed E-state index contributed by atoms with van der Waals surface area (Å²) in [5.41, 5.74) is 0. The Hall–Kier alpha value is -1.16. The summed E-state index contributed by atoms with van der Waals surface area (Å²) in [6.07, 6.45) is 1.59. The van der Waals surface area contributed by atoms with Crippen LogP contribution in [0.1, 0.15) is 20.8 Å². The molecule has 0 bridgehead atoms. The van der Waals surface area contributed by atoms with Gasteiger partial charge in [0.25, 0.3) is 0 Å². The topological polar surface area (TPSA) is 52.6 Å². The fraction of sp³-hybridized carbons (Fsp3) is 0.556. The van der Waals surface area contributed by atoms with Crippen molar-refractivity contribution in [3.63, 3.8) is 0 Å².